The molecule has 2 aromatic rings. The molecule has 1 N–H and O–H groups in total. The molecule has 0 fully saturated rings. The SMILES string of the molecule is CNCc1nccn1Cc1cccc(F)c1. The number of benzene rings is 1. The van der Waals surface area contributed by atoms with Crippen LogP contribution in [0.1, 0.15) is 11.4 Å². The van der Waals surface area contributed by atoms with Gasteiger partial charge in [-0.25, -0.2) is 9.37 Å². The zero-order valence-electron chi connectivity index (χ0n) is 9.15. The number of nitrogens with one attached hydrogen (secondary N) is 1. The Morgan fingerprint density at radius 1 is 1.44 bits per heavy atom. The first-order valence-corrected chi connectivity index (χ1v) is 5.18. The van der Waals surface area contributed by atoms with Crippen molar-refractivity contribution >= 4 is 0 Å². The molecule has 0 spiro atoms. The summed E-state index contributed by atoms with van der Waals surface area (Å²) in [5.74, 6) is 0.750. The van der Waals surface area contributed by atoms with E-state index in [1.807, 2.05) is 23.9 Å². The third-order valence-electron chi connectivity index (χ3n) is 2.38. The van der Waals surface area contributed by atoms with E-state index >= 15 is 0 Å². The molecule has 16 heavy (non-hydrogen) atoms. The Labute approximate surface area is 93.9 Å². The fourth-order valence-corrected chi connectivity index (χ4v) is 1.64. The molecule has 4 heteroatoms. The molecule has 0 aliphatic rings. The molecule has 0 saturated heterocycles. The molecule has 0 aliphatic carbocycles. The van der Waals surface area contributed by atoms with E-state index in [4.69, 9.17) is 0 Å². The van der Waals surface area contributed by atoms with Crippen molar-refractivity contribution in [2.75, 3.05) is 7.05 Å². The molecular formula is C12H14FN3. The van der Waals surface area contributed by atoms with Gasteiger partial charge in [0.05, 0.1) is 6.54 Å². The minimum absolute atomic E-state index is 0.201. The van der Waals surface area contributed by atoms with Crippen molar-refractivity contribution in [1.29, 1.82) is 0 Å². The third-order valence-corrected chi connectivity index (χ3v) is 2.38. The quantitative estimate of drug-likeness (QED) is 0.849. The van der Waals surface area contributed by atoms with E-state index in [1.54, 1.807) is 18.3 Å². The molecule has 0 atom stereocenters. The Bertz CT molecular complexity index is 465. The fourth-order valence-electron chi connectivity index (χ4n) is 1.64. The molecule has 0 bridgehead atoms. The third kappa shape index (κ3) is 2.46. The minimum atomic E-state index is -0.201. The molecule has 0 unspecified atom stereocenters. The maximum Gasteiger partial charge on any atom is 0.123 e. The van der Waals surface area contributed by atoms with Gasteiger partial charge in [-0.1, -0.05) is 12.1 Å². The van der Waals surface area contributed by atoms with Crippen molar-refractivity contribution in [2.45, 2.75) is 13.1 Å². The number of nitrogens with zero attached hydrogens (tertiary/aromatic N) is 2. The predicted molar refractivity (Wildman–Crippen MR) is 60.5 cm³/mol. The van der Waals surface area contributed by atoms with E-state index in [0.29, 0.717) is 13.1 Å². The molecule has 84 valence electrons. The van der Waals surface area contributed by atoms with Gasteiger partial charge in [-0.2, -0.15) is 0 Å². The van der Waals surface area contributed by atoms with Gasteiger partial charge in [-0.15, -0.1) is 0 Å². The van der Waals surface area contributed by atoms with Crippen LogP contribution in [-0.2, 0) is 13.1 Å². The van der Waals surface area contributed by atoms with Crippen molar-refractivity contribution in [3.63, 3.8) is 0 Å². The van der Waals surface area contributed by atoms with Crippen molar-refractivity contribution in [3.05, 3.63) is 53.9 Å². The van der Waals surface area contributed by atoms with Crippen LogP contribution in [0.2, 0.25) is 0 Å². The summed E-state index contributed by atoms with van der Waals surface area (Å²) in [5, 5.41) is 3.05. The molecule has 0 aliphatic heterocycles. The number of rotatable bonds is 4. The summed E-state index contributed by atoms with van der Waals surface area (Å²) in [6.07, 6.45) is 3.66. The van der Waals surface area contributed by atoms with Crippen LogP contribution in [-0.4, -0.2) is 16.6 Å². The molecule has 1 aromatic heterocycles. The van der Waals surface area contributed by atoms with Crippen LogP contribution in [0.5, 0.6) is 0 Å². The van der Waals surface area contributed by atoms with Crippen molar-refractivity contribution < 1.29 is 4.39 Å². The lowest BCUT2D eigenvalue weighted by molar-refractivity contribution is 0.620. The van der Waals surface area contributed by atoms with Crippen molar-refractivity contribution in [1.82, 2.24) is 14.9 Å². The second kappa shape index (κ2) is 4.90. The summed E-state index contributed by atoms with van der Waals surface area (Å²) in [4.78, 5) is 4.23. The predicted octanol–water partition coefficient (Wildman–Crippen LogP) is 1.79. The summed E-state index contributed by atoms with van der Waals surface area (Å²) in [5.41, 5.74) is 0.940. The Morgan fingerprint density at radius 3 is 3.06 bits per heavy atom. The first-order valence-electron chi connectivity index (χ1n) is 5.18. The number of halogens is 1. The number of imidazole rings is 1. The van der Waals surface area contributed by atoms with Gasteiger partial charge in [0, 0.05) is 18.9 Å². The molecule has 1 heterocycles. The molecule has 0 radical (unpaired) electrons. The van der Waals surface area contributed by atoms with Crippen LogP contribution in [0.25, 0.3) is 0 Å². The monoisotopic (exact) mass is 219 g/mol. The summed E-state index contributed by atoms with van der Waals surface area (Å²) < 4.78 is 15.0. The number of hydrogen-bond acceptors (Lipinski definition) is 2. The van der Waals surface area contributed by atoms with Crippen LogP contribution in [0.15, 0.2) is 36.7 Å². The van der Waals surface area contributed by atoms with Gasteiger partial charge in [0.15, 0.2) is 0 Å². The van der Waals surface area contributed by atoms with E-state index < -0.39 is 0 Å². The van der Waals surface area contributed by atoms with Crippen LogP contribution in [0.3, 0.4) is 0 Å². The maximum atomic E-state index is 13.0. The highest BCUT2D eigenvalue weighted by Gasteiger charge is 2.02. The molecule has 0 saturated carbocycles. The van der Waals surface area contributed by atoms with Gasteiger partial charge in [-0.3, -0.25) is 0 Å². The fraction of sp³-hybridized carbons (Fsp3) is 0.250. The zero-order chi connectivity index (χ0) is 11.4. The van der Waals surface area contributed by atoms with E-state index in [-0.39, 0.29) is 5.82 Å². The van der Waals surface area contributed by atoms with E-state index in [9.17, 15) is 4.39 Å². The van der Waals surface area contributed by atoms with Crippen molar-refractivity contribution in [3.8, 4) is 0 Å². The van der Waals surface area contributed by atoms with Crippen LogP contribution >= 0.6 is 0 Å². The highest BCUT2D eigenvalue weighted by molar-refractivity contribution is 5.17. The summed E-state index contributed by atoms with van der Waals surface area (Å²) in [7, 11) is 1.88. The Hall–Kier alpha value is -1.68. The topological polar surface area (TPSA) is 29.9 Å². The zero-order valence-corrected chi connectivity index (χ0v) is 9.15. The molecule has 1 aromatic carbocycles. The second-order valence-corrected chi connectivity index (χ2v) is 3.63. The summed E-state index contributed by atoms with van der Waals surface area (Å²) in [6.45, 7) is 1.36. The second-order valence-electron chi connectivity index (χ2n) is 3.63. The van der Waals surface area contributed by atoms with Gasteiger partial charge in [0.1, 0.15) is 11.6 Å². The van der Waals surface area contributed by atoms with Crippen LogP contribution < -0.4 is 5.32 Å². The maximum absolute atomic E-state index is 13.0. The van der Waals surface area contributed by atoms with E-state index in [1.165, 1.54) is 6.07 Å². The Morgan fingerprint density at radius 2 is 2.31 bits per heavy atom. The average Bonchev–Trinajstić information content (AvgIpc) is 2.66. The average molecular weight is 219 g/mol. The lowest BCUT2D eigenvalue weighted by Gasteiger charge is -2.07. The van der Waals surface area contributed by atoms with Gasteiger partial charge in [0.25, 0.3) is 0 Å². The standard InChI is InChI=1S/C12H14FN3/c1-14-8-12-15-5-6-16(12)9-10-3-2-4-11(13)7-10/h2-7,14H,8-9H2,1H3. The largest absolute Gasteiger partial charge is 0.329 e. The van der Waals surface area contributed by atoms with E-state index in [2.05, 4.69) is 10.3 Å². The first-order chi connectivity index (χ1) is 7.79. The smallest absolute Gasteiger partial charge is 0.123 e. The highest BCUT2D eigenvalue weighted by Crippen LogP contribution is 2.07. The lowest BCUT2D eigenvalue weighted by atomic mass is 10.2. The van der Waals surface area contributed by atoms with E-state index in [0.717, 1.165) is 11.4 Å². The lowest BCUT2D eigenvalue weighted by Crippen LogP contribution is -2.12. The Kier molecular flexibility index (Phi) is 3.31. The number of aromatic nitrogens is 2. The van der Waals surface area contributed by atoms with Crippen molar-refractivity contribution in [2.24, 2.45) is 0 Å². The highest BCUT2D eigenvalue weighted by atomic mass is 19.1. The summed E-state index contributed by atoms with van der Waals surface area (Å²) >= 11 is 0. The first kappa shape index (κ1) is 10.8. The van der Waals surface area contributed by atoms with Crippen LogP contribution in [0.4, 0.5) is 4.39 Å². The molecule has 2 rings (SSSR count). The normalized spacial score (nSPS) is 10.6. The molecule has 3 nitrogen and oxygen atoms in total. The number of hydrogen-bond donors (Lipinski definition) is 1. The van der Waals surface area contributed by atoms with Gasteiger partial charge < -0.3 is 9.88 Å². The van der Waals surface area contributed by atoms with Gasteiger partial charge >= 0.3 is 0 Å². The molecular weight excluding hydrogens is 205 g/mol. The van der Waals surface area contributed by atoms with Gasteiger partial charge in [-0.05, 0) is 24.7 Å². The molecule has 0 amide bonds. The van der Waals surface area contributed by atoms with Gasteiger partial charge in [0.2, 0.25) is 0 Å². The summed E-state index contributed by atoms with van der Waals surface area (Å²) in [6, 6.07) is 6.63. The van der Waals surface area contributed by atoms with Crippen LogP contribution in [0, 0.1) is 5.82 Å². The Balaban J connectivity index is 2.17. The minimum Gasteiger partial charge on any atom is -0.329 e.